The van der Waals surface area contributed by atoms with E-state index < -0.39 is 0 Å². The van der Waals surface area contributed by atoms with E-state index in [4.69, 9.17) is 0 Å². The van der Waals surface area contributed by atoms with Gasteiger partial charge in [0, 0.05) is 18.5 Å². The van der Waals surface area contributed by atoms with Crippen molar-refractivity contribution in [2.45, 2.75) is 64.3 Å². The van der Waals surface area contributed by atoms with Gasteiger partial charge in [-0.3, -0.25) is 4.79 Å². The second-order valence-corrected chi connectivity index (χ2v) is 10.8. The SMILES string of the molecule is CCNC(=O)C(C)Sc1nnc(-c2cc3c(s2)CCC(C(C)(C)C)C3)n1C. The molecule has 2 aromatic rings. The number of carbonyl (C=O) groups is 1. The van der Waals surface area contributed by atoms with Crippen molar-refractivity contribution >= 4 is 29.0 Å². The zero-order valence-electron chi connectivity index (χ0n) is 17.1. The molecule has 5 nitrogen and oxygen atoms in total. The molecular formula is C20H30N4OS2. The average molecular weight is 407 g/mol. The molecule has 2 atom stereocenters. The lowest BCUT2D eigenvalue weighted by molar-refractivity contribution is -0.120. The van der Waals surface area contributed by atoms with Crippen LogP contribution in [-0.4, -0.2) is 32.5 Å². The average Bonchev–Trinajstić information content (AvgIpc) is 3.17. The van der Waals surface area contributed by atoms with Crippen molar-refractivity contribution in [2.75, 3.05) is 6.54 Å². The van der Waals surface area contributed by atoms with Gasteiger partial charge in [-0.25, -0.2) is 0 Å². The van der Waals surface area contributed by atoms with Gasteiger partial charge in [-0.1, -0.05) is 32.5 Å². The van der Waals surface area contributed by atoms with Gasteiger partial charge in [0.1, 0.15) is 0 Å². The van der Waals surface area contributed by atoms with E-state index in [0.29, 0.717) is 12.0 Å². The topological polar surface area (TPSA) is 59.8 Å². The molecule has 2 aromatic heterocycles. The van der Waals surface area contributed by atoms with Crippen molar-refractivity contribution < 1.29 is 4.79 Å². The number of nitrogens with zero attached hydrogens (tertiary/aromatic N) is 3. The first kappa shape index (κ1) is 20.4. The van der Waals surface area contributed by atoms with Crippen molar-refractivity contribution in [1.29, 1.82) is 0 Å². The molecule has 3 rings (SSSR count). The molecule has 0 radical (unpaired) electrons. The van der Waals surface area contributed by atoms with Gasteiger partial charge >= 0.3 is 0 Å². The zero-order valence-corrected chi connectivity index (χ0v) is 18.8. The standard InChI is InChI=1S/C20H30N4OS2/c1-7-21-18(25)12(2)26-19-23-22-17(24(19)6)16-11-13-10-14(20(3,4)5)8-9-15(13)27-16/h11-12,14H,7-10H2,1-6H3,(H,21,25). The lowest BCUT2D eigenvalue weighted by Crippen LogP contribution is -2.30. The summed E-state index contributed by atoms with van der Waals surface area (Å²) in [6.07, 6.45) is 3.58. The lowest BCUT2D eigenvalue weighted by atomic mass is 9.72. The fourth-order valence-corrected chi connectivity index (χ4v) is 5.60. The van der Waals surface area contributed by atoms with E-state index in [-0.39, 0.29) is 11.2 Å². The third-order valence-electron chi connectivity index (χ3n) is 5.37. The van der Waals surface area contributed by atoms with E-state index in [9.17, 15) is 4.79 Å². The largest absolute Gasteiger partial charge is 0.355 e. The molecule has 0 fully saturated rings. The Labute approximate surface area is 170 Å². The van der Waals surface area contributed by atoms with Crippen LogP contribution in [0.5, 0.6) is 0 Å². The number of aromatic nitrogens is 3. The fourth-order valence-electron chi connectivity index (χ4n) is 3.53. The van der Waals surface area contributed by atoms with E-state index in [0.717, 1.165) is 29.7 Å². The Morgan fingerprint density at radius 2 is 2.19 bits per heavy atom. The predicted molar refractivity (Wildman–Crippen MR) is 113 cm³/mol. The molecule has 1 N–H and O–H groups in total. The summed E-state index contributed by atoms with van der Waals surface area (Å²) in [5.41, 5.74) is 1.83. The predicted octanol–water partition coefficient (Wildman–Crippen LogP) is 4.31. The van der Waals surface area contributed by atoms with Gasteiger partial charge in [-0.05, 0) is 56.1 Å². The van der Waals surface area contributed by atoms with Gasteiger partial charge in [0.15, 0.2) is 11.0 Å². The Hall–Kier alpha value is -1.34. The summed E-state index contributed by atoms with van der Waals surface area (Å²) in [6.45, 7) is 11.5. The van der Waals surface area contributed by atoms with Crippen molar-refractivity contribution in [3.63, 3.8) is 0 Å². The first-order valence-electron chi connectivity index (χ1n) is 9.66. The number of aryl methyl sites for hydroxylation is 1. The molecule has 0 saturated heterocycles. The molecule has 1 aliphatic carbocycles. The number of hydrogen-bond acceptors (Lipinski definition) is 5. The summed E-state index contributed by atoms with van der Waals surface area (Å²) in [5.74, 6) is 1.66. The Morgan fingerprint density at radius 1 is 1.44 bits per heavy atom. The van der Waals surface area contributed by atoms with Gasteiger partial charge in [0.05, 0.1) is 10.1 Å². The molecule has 0 bridgehead atoms. The molecular weight excluding hydrogens is 376 g/mol. The number of hydrogen-bond donors (Lipinski definition) is 1. The van der Waals surface area contributed by atoms with Crippen LogP contribution in [0.3, 0.4) is 0 Å². The maximum atomic E-state index is 12.0. The highest BCUT2D eigenvalue weighted by Crippen LogP contribution is 2.42. The van der Waals surface area contributed by atoms with Crippen molar-refractivity contribution in [3.05, 3.63) is 16.5 Å². The molecule has 2 heterocycles. The molecule has 2 unspecified atom stereocenters. The third-order valence-corrected chi connectivity index (χ3v) is 7.73. The van der Waals surface area contributed by atoms with E-state index in [1.54, 1.807) is 0 Å². The van der Waals surface area contributed by atoms with Crippen molar-refractivity contribution in [2.24, 2.45) is 18.4 Å². The highest BCUT2D eigenvalue weighted by Gasteiger charge is 2.30. The minimum atomic E-state index is -0.190. The van der Waals surface area contributed by atoms with Gasteiger partial charge in [-0.2, -0.15) is 0 Å². The first-order chi connectivity index (χ1) is 12.7. The summed E-state index contributed by atoms with van der Waals surface area (Å²) >= 11 is 3.30. The normalized spacial score (nSPS) is 18.2. The van der Waals surface area contributed by atoms with E-state index >= 15 is 0 Å². The molecule has 1 aliphatic rings. The molecule has 0 saturated carbocycles. The fraction of sp³-hybridized carbons (Fsp3) is 0.650. The number of carbonyl (C=O) groups excluding carboxylic acids is 1. The van der Waals surface area contributed by atoms with Crippen LogP contribution in [-0.2, 0) is 24.7 Å². The van der Waals surface area contributed by atoms with Gasteiger partial charge in [-0.15, -0.1) is 21.5 Å². The molecule has 1 amide bonds. The van der Waals surface area contributed by atoms with Crippen LogP contribution in [0, 0.1) is 11.3 Å². The number of thiophene rings is 1. The number of amides is 1. The van der Waals surface area contributed by atoms with Gasteiger partial charge < -0.3 is 9.88 Å². The quantitative estimate of drug-likeness (QED) is 0.752. The van der Waals surface area contributed by atoms with Crippen LogP contribution in [0.4, 0.5) is 0 Å². The summed E-state index contributed by atoms with van der Waals surface area (Å²) in [4.78, 5) is 14.7. The molecule has 0 spiro atoms. The van der Waals surface area contributed by atoms with E-state index in [1.807, 2.05) is 36.8 Å². The second-order valence-electron chi connectivity index (χ2n) is 8.38. The van der Waals surface area contributed by atoms with Gasteiger partial charge in [0.25, 0.3) is 0 Å². The van der Waals surface area contributed by atoms with Crippen LogP contribution in [0.15, 0.2) is 11.2 Å². The minimum absolute atomic E-state index is 0.0341. The molecule has 0 aliphatic heterocycles. The summed E-state index contributed by atoms with van der Waals surface area (Å²) in [6, 6.07) is 2.31. The number of rotatable bonds is 5. The van der Waals surface area contributed by atoms with Gasteiger partial charge in [0.2, 0.25) is 5.91 Å². The molecule has 7 heteroatoms. The number of fused-ring (bicyclic) bond motifs is 1. The Kier molecular flexibility index (Phi) is 6.01. The third kappa shape index (κ3) is 4.40. The second kappa shape index (κ2) is 7.95. The highest BCUT2D eigenvalue weighted by molar-refractivity contribution is 8.00. The minimum Gasteiger partial charge on any atom is -0.355 e. The summed E-state index contributed by atoms with van der Waals surface area (Å²) in [7, 11) is 1.98. The monoisotopic (exact) mass is 406 g/mol. The molecule has 0 aromatic carbocycles. The van der Waals surface area contributed by atoms with Crippen LogP contribution in [0.1, 0.15) is 51.5 Å². The van der Waals surface area contributed by atoms with E-state index in [1.165, 1.54) is 33.5 Å². The zero-order chi connectivity index (χ0) is 19.8. The van der Waals surface area contributed by atoms with E-state index in [2.05, 4.69) is 42.4 Å². The maximum absolute atomic E-state index is 12.0. The Morgan fingerprint density at radius 3 is 2.85 bits per heavy atom. The van der Waals surface area contributed by atoms with Crippen LogP contribution in [0.2, 0.25) is 0 Å². The summed E-state index contributed by atoms with van der Waals surface area (Å²) in [5, 5.41) is 12.2. The maximum Gasteiger partial charge on any atom is 0.233 e. The van der Waals surface area contributed by atoms with Crippen molar-refractivity contribution in [1.82, 2.24) is 20.1 Å². The first-order valence-corrected chi connectivity index (χ1v) is 11.4. The van der Waals surface area contributed by atoms with Crippen molar-refractivity contribution in [3.8, 4) is 10.7 Å². The Balaban J connectivity index is 1.78. The number of nitrogens with one attached hydrogen (secondary N) is 1. The van der Waals surface area contributed by atoms with Crippen LogP contribution in [0.25, 0.3) is 10.7 Å². The molecule has 148 valence electrons. The smallest absolute Gasteiger partial charge is 0.233 e. The van der Waals surface area contributed by atoms with Crippen LogP contribution >= 0.6 is 23.1 Å². The Bertz CT molecular complexity index is 819. The summed E-state index contributed by atoms with van der Waals surface area (Å²) < 4.78 is 2.01. The van der Waals surface area contributed by atoms with Crippen LogP contribution < -0.4 is 5.32 Å². The molecule has 27 heavy (non-hydrogen) atoms. The number of thioether (sulfide) groups is 1. The lowest BCUT2D eigenvalue weighted by Gasteiger charge is -2.33. The highest BCUT2D eigenvalue weighted by atomic mass is 32.2.